The Morgan fingerprint density at radius 2 is 2.20 bits per heavy atom. The molecule has 0 saturated carbocycles. The van der Waals surface area contributed by atoms with Crippen LogP contribution in [0.4, 0.5) is 0 Å². The highest BCUT2D eigenvalue weighted by atomic mass is 79.9. The third kappa shape index (κ3) is 3.21. The number of benzene rings is 1. The molecule has 15 heavy (non-hydrogen) atoms. The fourth-order valence-electron chi connectivity index (χ4n) is 1.72. The molecular formula is C12H17BrO2. The third-order valence-electron chi connectivity index (χ3n) is 2.49. The first-order valence-corrected chi connectivity index (χ1v) is 5.96. The summed E-state index contributed by atoms with van der Waals surface area (Å²) >= 11 is 3.44. The molecule has 0 aromatic heterocycles. The van der Waals surface area contributed by atoms with E-state index >= 15 is 0 Å². The lowest BCUT2D eigenvalue weighted by molar-refractivity contribution is 0.255. The van der Waals surface area contributed by atoms with E-state index < -0.39 is 0 Å². The van der Waals surface area contributed by atoms with E-state index in [2.05, 4.69) is 22.9 Å². The van der Waals surface area contributed by atoms with Crippen LogP contribution in [0.3, 0.4) is 0 Å². The molecule has 0 amide bonds. The van der Waals surface area contributed by atoms with Gasteiger partial charge in [-0.1, -0.05) is 29.3 Å². The molecule has 0 bridgehead atoms. The summed E-state index contributed by atoms with van der Waals surface area (Å²) in [6.07, 6.45) is 2.03. The van der Waals surface area contributed by atoms with E-state index in [9.17, 15) is 5.11 Å². The summed E-state index contributed by atoms with van der Waals surface area (Å²) in [4.78, 5) is 0. The second-order valence-corrected chi connectivity index (χ2v) is 4.47. The standard InChI is InChI=1S/C12H17BrO2/c1-3-4-9(8-14)11-7-10(13)5-6-12(11)15-2/h5-7,9,14H,3-4,8H2,1-2H3. The van der Waals surface area contributed by atoms with Gasteiger partial charge in [-0.3, -0.25) is 0 Å². The number of aliphatic hydroxyl groups is 1. The smallest absolute Gasteiger partial charge is 0.122 e. The highest BCUT2D eigenvalue weighted by molar-refractivity contribution is 9.10. The molecule has 0 aliphatic rings. The van der Waals surface area contributed by atoms with Crippen LogP contribution in [0, 0.1) is 0 Å². The molecule has 3 heteroatoms. The molecule has 0 saturated heterocycles. The van der Waals surface area contributed by atoms with Crippen molar-refractivity contribution >= 4 is 15.9 Å². The Morgan fingerprint density at radius 1 is 1.47 bits per heavy atom. The molecule has 1 atom stereocenters. The molecule has 0 heterocycles. The monoisotopic (exact) mass is 272 g/mol. The zero-order valence-corrected chi connectivity index (χ0v) is 10.8. The number of aliphatic hydroxyl groups excluding tert-OH is 1. The van der Waals surface area contributed by atoms with Crippen LogP contribution in [0.5, 0.6) is 5.75 Å². The average molecular weight is 273 g/mol. The first kappa shape index (κ1) is 12.5. The molecular weight excluding hydrogens is 256 g/mol. The maximum atomic E-state index is 9.35. The van der Waals surface area contributed by atoms with Crippen molar-refractivity contribution in [1.82, 2.24) is 0 Å². The molecule has 84 valence electrons. The first-order valence-electron chi connectivity index (χ1n) is 5.17. The van der Waals surface area contributed by atoms with Crippen molar-refractivity contribution in [2.75, 3.05) is 13.7 Å². The van der Waals surface area contributed by atoms with Crippen molar-refractivity contribution in [3.63, 3.8) is 0 Å². The van der Waals surface area contributed by atoms with Crippen LogP contribution in [0.2, 0.25) is 0 Å². The van der Waals surface area contributed by atoms with Crippen LogP contribution in [0.1, 0.15) is 31.2 Å². The molecule has 0 aliphatic heterocycles. The van der Waals surface area contributed by atoms with Gasteiger partial charge in [-0.15, -0.1) is 0 Å². The number of rotatable bonds is 5. The number of methoxy groups -OCH3 is 1. The molecule has 0 aliphatic carbocycles. The van der Waals surface area contributed by atoms with Crippen LogP contribution in [0.25, 0.3) is 0 Å². The quantitative estimate of drug-likeness (QED) is 0.891. The summed E-state index contributed by atoms with van der Waals surface area (Å²) in [5, 5.41) is 9.35. The zero-order chi connectivity index (χ0) is 11.3. The van der Waals surface area contributed by atoms with Crippen molar-refractivity contribution in [3.8, 4) is 5.75 Å². The Hall–Kier alpha value is -0.540. The lowest BCUT2D eigenvalue weighted by atomic mass is 9.94. The van der Waals surface area contributed by atoms with Gasteiger partial charge in [0.2, 0.25) is 0 Å². The van der Waals surface area contributed by atoms with E-state index in [1.54, 1.807) is 7.11 Å². The summed E-state index contributed by atoms with van der Waals surface area (Å²) in [6, 6.07) is 5.90. The SMILES string of the molecule is CCCC(CO)c1cc(Br)ccc1OC. The number of halogens is 1. The summed E-state index contributed by atoms with van der Waals surface area (Å²) in [5.74, 6) is 1.02. The largest absolute Gasteiger partial charge is 0.496 e. The van der Waals surface area contributed by atoms with Crippen molar-refractivity contribution in [1.29, 1.82) is 0 Å². The van der Waals surface area contributed by atoms with Crippen molar-refractivity contribution < 1.29 is 9.84 Å². The lowest BCUT2D eigenvalue weighted by Crippen LogP contribution is -2.05. The predicted octanol–water partition coefficient (Wildman–Crippen LogP) is 3.33. The topological polar surface area (TPSA) is 29.5 Å². The normalized spacial score (nSPS) is 12.5. The summed E-state index contributed by atoms with van der Waals surface area (Å²) in [7, 11) is 1.66. The van der Waals surface area contributed by atoms with Gasteiger partial charge >= 0.3 is 0 Å². The van der Waals surface area contributed by atoms with E-state index in [1.807, 2.05) is 18.2 Å². The van der Waals surface area contributed by atoms with Crippen LogP contribution in [-0.4, -0.2) is 18.8 Å². The lowest BCUT2D eigenvalue weighted by Gasteiger charge is -2.17. The van der Waals surface area contributed by atoms with Gasteiger partial charge in [-0.2, -0.15) is 0 Å². The number of hydrogen-bond acceptors (Lipinski definition) is 2. The molecule has 0 fully saturated rings. The second-order valence-electron chi connectivity index (χ2n) is 3.55. The van der Waals surface area contributed by atoms with E-state index in [1.165, 1.54) is 0 Å². The van der Waals surface area contributed by atoms with Crippen molar-refractivity contribution in [3.05, 3.63) is 28.2 Å². The minimum atomic E-state index is 0.167. The molecule has 1 rings (SSSR count). The maximum absolute atomic E-state index is 9.35. The first-order chi connectivity index (χ1) is 7.22. The highest BCUT2D eigenvalue weighted by Gasteiger charge is 2.14. The molecule has 1 unspecified atom stereocenters. The van der Waals surface area contributed by atoms with E-state index in [0.29, 0.717) is 0 Å². The Balaban J connectivity index is 3.02. The predicted molar refractivity (Wildman–Crippen MR) is 65.4 cm³/mol. The van der Waals surface area contributed by atoms with Gasteiger partial charge < -0.3 is 9.84 Å². The summed E-state index contributed by atoms with van der Waals surface area (Å²) in [6.45, 7) is 2.29. The number of hydrogen-bond donors (Lipinski definition) is 1. The zero-order valence-electron chi connectivity index (χ0n) is 9.16. The number of ether oxygens (including phenoxy) is 1. The maximum Gasteiger partial charge on any atom is 0.122 e. The van der Waals surface area contributed by atoms with Crippen LogP contribution < -0.4 is 4.74 Å². The molecule has 0 spiro atoms. The fourth-order valence-corrected chi connectivity index (χ4v) is 2.10. The van der Waals surface area contributed by atoms with E-state index in [0.717, 1.165) is 28.6 Å². The Morgan fingerprint density at radius 3 is 2.73 bits per heavy atom. The summed E-state index contributed by atoms with van der Waals surface area (Å²) < 4.78 is 6.32. The van der Waals surface area contributed by atoms with Crippen LogP contribution in [-0.2, 0) is 0 Å². The van der Waals surface area contributed by atoms with Gasteiger partial charge in [0.1, 0.15) is 5.75 Å². The fraction of sp³-hybridized carbons (Fsp3) is 0.500. The minimum Gasteiger partial charge on any atom is -0.496 e. The Bertz CT molecular complexity index is 312. The second kappa shape index (κ2) is 6.13. The molecule has 1 aromatic rings. The van der Waals surface area contributed by atoms with Gasteiger partial charge in [0.15, 0.2) is 0 Å². The average Bonchev–Trinajstić information content (AvgIpc) is 2.26. The van der Waals surface area contributed by atoms with Gasteiger partial charge in [-0.25, -0.2) is 0 Å². The van der Waals surface area contributed by atoms with Crippen molar-refractivity contribution in [2.24, 2.45) is 0 Å². The third-order valence-corrected chi connectivity index (χ3v) is 2.98. The minimum absolute atomic E-state index is 0.167. The van der Waals surface area contributed by atoms with Gasteiger partial charge in [0.25, 0.3) is 0 Å². The highest BCUT2D eigenvalue weighted by Crippen LogP contribution is 2.32. The molecule has 2 nitrogen and oxygen atoms in total. The van der Waals surface area contributed by atoms with E-state index in [4.69, 9.17) is 4.74 Å². The molecule has 1 aromatic carbocycles. The van der Waals surface area contributed by atoms with Crippen molar-refractivity contribution in [2.45, 2.75) is 25.7 Å². The van der Waals surface area contributed by atoms with Crippen LogP contribution in [0.15, 0.2) is 22.7 Å². The van der Waals surface area contributed by atoms with Crippen LogP contribution >= 0.6 is 15.9 Å². The van der Waals surface area contributed by atoms with Gasteiger partial charge in [-0.05, 0) is 24.6 Å². The van der Waals surface area contributed by atoms with E-state index in [-0.39, 0.29) is 12.5 Å². The Kier molecular flexibility index (Phi) is 5.12. The van der Waals surface area contributed by atoms with Gasteiger partial charge in [0, 0.05) is 16.0 Å². The molecule has 1 N–H and O–H groups in total. The molecule has 0 radical (unpaired) electrons. The summed E-state index contributed by atoms with van der Waals surface area (Å²) in [5.41, 5.74) is 1.08. The Labute approximate surface area is 99.4 Å². The van der Waals surface area contributed by atoms with Gasteiger partial charge in [0.05, 0.1) is 13.7 Å².